The van der Waals surface area contributed by atoms with E-state index in [0.717, 1.165) is 5.56 Å². The van der Waals surface area contributed by atoms with Crippen molar-refractivity contribution in [3.05, 3.63) is 42.5 Å². The largest absolute Gasteiger partial charge is 0.317 e. The lowest BCUT2D eigenvalue weighted by Gasteiger charge is -2.15. The number of carbonyl (C=O) groups is 1. The maximum atomic E-state index is 11.8. The maximum Gasteiger partial charge on any atom is 0.294 e. The van der Waals surface area contributed by atoms with Crippen molar-refractivity contribution in [3.8, 4) is 0 Å². The van der Waals surface area contributed by atoms with Crippen LogP contribution in [0.25, 0.3) is 0 Å². The molecule has 1 aromatic carbocycles. The Balaban J connectivity index is 0.000000208. The molecule has 2 saturated carbocycles. The normalized spacial score (nSPS) is 25.6. The second-order valence-corrected chi connectivity index (χ2v) is 10.9. The van der Waals surface area contributed by atoms with E-state index in [0.29, 0.717) is 19.3 Å². The number of amides is 1. The first kappa shape index (κ1) is 21.5. The van der Waals surface area contributed by atoms with Gasteiger partial charge in [0.25, 0.3) is 16.0 Å². The Morgan fingerprint density at radius 2 is 1.78 bits per heavy atom. The minimum absolute atomic E-state index is 0.0666. The zero-order valence-electron chi connectivity index (χ0n) is 15.2. The third-order valence-corrected chi connectivity index (χ3v) is 7.94. The highest BCUT2D eigenvalue weighted by atomic mass is 32.2. The van der Waals surface area contributed by atoms with Crippen molar-refractivity contribution in [2.45, 2.75) is 48.3 Å². The highest BCUT2D eigenvalue weighted by Crippen LogP contribution is 2.45. The maximum absolute atomic E-state index is 11.8. The molecule has 2 aliphatic carbocycles. The number of hydrogen-bond donors (Lipinski definition) is 3. The van der Waals surface area contributed by atoms with E-state index in [2.05, 4.69) is 11.3 Å². The molecule has 0 spiro atoms. The summed E-state index contributed by atoms with van der Waals surface area (Å²) in [5.41, 5.74) is 5.65. The number of nitrogens with two attached hydrogens (primary N) is 1. The lowest BCUT2D eigenvalue weighted by atomic mass is 10.2. The van der Waals surface area contributed by atoms with E-state index in [1.54, 1.807) is 25.1 Å². The summed E-state index contributed by atoms with van der Waals surface area (Å²) in [5, 5.41) is 0. The molecule has 0 aromatic heterocycles. The van der Waals surface area contributed by atoms with Gasteiger partial charge in [0, 0.05) is 5.92 Å². The fourth-order valence-electron chi connectivity index (χ4n) is 2.35. The third kappa shape index (κ3) is 4.75. The van der Waals surface area contributed by atoms with Crippen LogP contribution in [0, 0.1) is 12.8 Å². The fraction of sp³-hybridized carbons (Fsp3) is 0.471. The van der Waals surface area contributed by atoms with Crippen LogP contribution in [0.4, 0.5) is 0 Å². The minimum atomic E-state index is -4.02. The highest BCUT2D eigenvalue weighted by Gasteiger charge is 2.58. The molecule has 150 valence electrons. The van der Waals surface area contributed by atoms with E-state index in [-0.39, 0.29) is 10.8 Å². The summed E-state index contributed by atoms with van der Waals surface area (Å²) < 4.78 is 54.4. The number of sulfonamides is 1. The summed E-state index contributed by atoms with van der Waals surface area (Å²) in [7, 11) is -7.59. The van der Waals surface area contributed by atoms with E-state index >= 15 is 0 Å². The van der Waals surface area contributed by atoms with Gasteiger partial charge in [-0.25, -0.2) is 8.42 Å². The van der Waals surface area contributed by atoms with Gasteiger partial charge in [-0.1, -0.05) is 23.8 Å². The molecule has 27 heavy (non-hydrogen) atoms. The first-order valence-corrected chi connectivity index (χ1v) is 11.2. The van der Waals surface area contributed by atoms with E-state index in [1.165, 1.54) is 12.1 Å². The molecular formula is C17H24N2O6S2. The average molecular weight is 417 g/mol. The van der Waals surface area contributed by atoms with Gasteiger partial charge in [0.05, 0.1) is 9.64 Å². The van der Waals surface area contributed by atoms with Crippen molar-refractivity contribution in [3.63, 3.8) is 0 Å². The van der Waals surface area contributed by atoms with Crippen LogP contribution < -0.4 is 10.5 Å². The molecule has 2 fully saturated rings. The third-order valence-electron chi connectivity index (χ3n) is 4.92. The Bertz CT molecular complexity index is 950. The number of benzene rings is 1. The van der Waals surface area contributed by atoms with Crippen LogP contribution in [-0.4, -0.2) is 37.6 Å². The Hall–Kier alpha value is -1.75. The van der Waals surface area contributed by atoms with E-state index < -0.39 is 36.3 Å². The van der Waals surface area contributed by atoms with Crippen molar-refractivity contribution in [1.82, 2.24) is 4.72 Å². The molecule has 8 nitrogen and oxygen atoms in total. The molecule has 0 saturated heterocycles. The standard InChI is InChI=1S/C10H16N2O3S.C7H8O3S/c1-3-7-6-10(7,11)8(13)12-16(14,15)9(2)4-5-9;1-6-2-4-7(5-3-6)11(8,9)10/h3,7H,1,4-6,11H2,2H3,(H,12,13);2-5H,1H3,(H,8,9,10)/t7-,10-;/m1./s1. The zero-order valence-corrected chi connectivity index (χ0v) is 16.8. The van der Waals surface area contributed by atoms with Crippen LogP contribution in [0.3, 0.4) is 0 Å². The smallest absolute Gasteiger partial charge is 0.294 e. The minimum Gasteiger partial charge on any atom is -0.317 e. The molecule has 2 atom stereocenters. The highest BCUT2D eigenvalue weighted by molar-refractivity contribution is 7.91. The Kier molecular flexibility index (Phi) is 5.59. The molecule has 4 N–H and O–H groups in total. The first-order chi connectivity index (χ1) is 12.2. The van der Waals surface area contributed by atoms with E-state index in [1.807, 2.05) is 6.92 Å². The van der Waals surface area contributed by atoms with Crippen molar-refractivity contribution < 1.29 is 26.2 Å². The molecular weight excluding hydrogens is 392 g/mol. The SMILES string of the molecule is C=C[C@@H]1C[C@]1(N)C(=O)NS(=O)(=O)C1(C)CC1.Cc1ccc(S(=O)(=O)O)cc1. The van der Waals surface area contributed by atoms with E-state index in [4.69, 9.17) is 10.3 Å². The summed E-state index contributed by atoms with van der Waals surface area (Å²) in [6.45, 7) is 7.02. The van der Waals surface area contributed by atoms with Gasteiger partial charge >= 0.3 is 0 Å². The number of hydrogen-bond acceptors (Lipinski definition) is 6. The van der Waals surface area contributed by atoms with Gasteiger partial charge in [0.15, 0.2) is 0 Å². The molecule has 3 rings (SSSR count). The van der Waals surface area contributed by atoms with Gasteiger partial charge in [-0.3, -0.25) is 14.1 Å². The first-order valence-electron chi connectivity index (χ1n) is 8.27. The van der Waals surface area contributed by atoms with Crippen molar-refractivity contribution in [2.75, 3.05) is 0 Å². The van der Waals surface area contributed by atoms with Crippen LogP contribution in [0.15, 0.2) is 41.8 Å². The van der Waals surface area contributed by atoms with Gasteiger partial charge in [0.2, 0.25) is 10.0 Å². The predicted molar refractivity (Wildman–Crippen MR) is 101 cm³/mol. The molecule has 2 aliphatic rings. The van der Waals surface area contributed by atoms with Gasteiger partial charge in [0.1, 0.15) is 5.54 Å². The molecule has 0 bridgehead atoms. The van der Waals surface area contributed by atoms with Gasteiger partial charge in [-0.05, 0) is 45.2 Å². The van der Waals surface area contributed by atoms with Gasteiger partial charge < -0.3 is 5.73 Å². The van der Waals surface area contributed by atoms with Crippen LogP contribution in [-0.2, 0) is 24.9 Å². The quantitative estimate of drug-likeness (QED) is 0.482. The number of carbonyl (C=O) groups excluding carboxylic acids is 1. The van der Waals surface area contributed by atoms with Crippen LogP contribution in [0.5, 0.6) is 0 Å². The van der Waals surface area contributed by atoms with Gasteiger partial charge in [-0.15, -0.1) is 6.58 Å². The molecule has 0 aliphatic heterocycles. The van der Waals surface area contributed by atoms with Crippen molar-refractivity contribution in [1.29, 1.82) is 0 Å². The van der Waals surface area contributed by atoms with E-state index in [9.17, 15) is 21.6 Å². The summed E-state index contributed by atoms with van der Waals surface area (Å²) in [6, 6.07) is 5.99. The second-order valence-electron chi connectivity index (χ2n) is 7.26. The Morgan fingerprint density at radius 3 is 2.15 bits per heavy atom. The number of nitrogens with one attached hydrogen (secondary N) is 1. The van der Waals surface area contributed by atoms with Crippen molar-refractivity contribution >= 4 is 26.0 Å². The Labute approximate surface area is 159 Å². The molecule has 0 unspecified atom stereocenters. The average Bonchev–Trinajstić information content (AvgIpc) is 3.45. The molecule has 0 heterocycles. The summed E-state index contributed by atoms with van der Waals surface area (Å²) in [6.07, 6.45) is 3.25. The van der Waals surface area contributed by atoms with Crippen LogP contribution >= 0.6 is 0 Å². The lowest BCUT2D eigenvalue weighted by Crippen LogP contribution is -2.49. The molecule has 1 amide bonds. The topological polar surface area (TPSA) is 144 Å². The number of rotatable bonds is 5. The van der Waals surface area contributed by atoms with Crippen LogP contribution in [0.2, 0.25) is 0 Å². The summed E-state index contributed by atoms with van der Waals surface area (Å²) in [4.78, 5) is 11.7. The summed E-state index contributed by atoms with van der Waals surface area (Å²) >= 11 is 0. The van der Waals surface area contributed by atoms with Gasteiger partial charge in [-0.2, -0.15) is 8.42 Å². The van der Waals surface area contributed by atoms with Crippen molar-refractivity contribution in [2.24, 2.45) is 11.7 Å². The monoisotopic (exact) mass is 416 g/mol. The Morgan fingerprint density at radius 1 is 1.26 bits per heavy atom. The summed E-state index contributed by atoms with van der Waals surface area (Å²) in [5.74, 6) is -0.722. The molecule has 1 aromatic rings. The molecule has 10 heteroatoms. The number of aryl methyl sites for hydroxylation is 1. The second kappa shape index (κ2) is 7.01. The van der Waals surface area contributed by atoms with Crippen LogP contribution in [0.1, 0.15) is 31.7 Å². The zero-order chi connectivity index (χ0) is 20.7. The molecule has 0 radical (unpaired) electrons. The lowest BCUT2D eigenvalue weighted by molar-refractivity contribution is -0.121. The predicted octanol–water partition coefficient (Wildman–Crippen LogP) is 1.13. The fourth-order valence-corrected chi connectivity index (χ4v) is 4.15.